The van der Waals surface area contributed by atoms with E-state index in [2.05, 4.69) is 69.1 Å². The van der Waals surface area contributed by atoms with E-state index in [1.807, 2.05) is 43.3 Å². The lowest BCUT2D eigenvalue weighted by molar-refractivity contribution is 0.100. The van der Waals surface area contributed by atoms with Gasteiger partial charge < -0.3 is 36.3 Å². The number of hydrogen-bond donors (Lipinski definition) is 6. The van der Waals surface area contributed by atoms with Gasteiger partial charge in [0, 0.05) is 57.7 Å². The molecule has 0 aliphatic carbocycles. The quantitative estimate of drug-likeness (QED) is 0.0746. The number of nitrogens with zero attached hydrogens (tertiary/aromatic N) is 1. The number of hydrogen-bond acceptors (Lipinski definition) is 9. The molecule has 0 aliphatic rings. The third-order valence-electron chi connectivity index (χ3n) is 9.03. The molecule has 2 heterocycles. The molecular formula is C42H37N5O5S. The number of aromatic amines is 1. The number of aromatic hydroxyl groups is 1. The van der Waals surface area contributed by atoms with Crippen molar-refractivity contribution in [3.63, 3.8) is 0 Å². The van der Waals surface area contributed by atoms with Gasteiger partial charge in [-0.15, -0.1) is 0 Å². The lowest BCUT2D eigenvalue weighted by Gasteiger charge is -2.16. The number of aliphatic hydroxyl groups excluding tert-OH is 1. The van der Waals surface area contributed by atoms with Gasteiger partial charge in [0.25, 0.3) is 5.91 Å². The van der Waals surface area contributed by atoms with Crippen LogP contribution in [0.2, 0.25) is 0 Å². The zero-order chi connectivity index (χ0) is 37.1. The number of aliphatic hydroxyl groups is 1. The van der Waals surface area contributed by atoms with Gasteiger partial charge >= 0.3 is 0 Å². The summed E-state index contributed by atoms with van der Waals surface area (Å²) in [6.45, 7) is 2.83. The highest BCUT2D eigenvalue weighted by Gasteiger charge is 2.17. The fourth-order valence-corrected chi connectivity index (χ4v) is 7.39. The fraction of sp³-hybridized carbons (Fsp3) is 0.119. The number of benzene rings is 5. The van der Waals surface area contributed by atoms with E-state index >= 15 is 0 Å². The lowest BCUT2D eigenvalue weighted by atomic mass is 10.0. The Morgan fingerprint density at radius 2 is 1.74 bits per heavy atom. The fourth-order valence-electron chi connectivity index (χ4n) is 6.38. The molecule has 0 unspecified atom stereocenters. The summed E-state index contributed by atoms with van der Waals surface area (Å²) in [6.07, 6.45) is 0.679. The van der Waals surface area contributed by atoms with Crippen LogP contribution >= 0.6 is 11.8 Å². The Morgan fingerprint density at radius 3 is 2.53 bits per heavy atom. The smallest absolute Gasteiger partial charge is 0.252 e. The number of phenols is 1. The molecular weight excluding hydrogens is 687 g/mol. The van der Waals surface area contributed by atoms with Crippen molar-refractivity contribution in [2.75, 3.05) is 19.0 Å². The number of nitrogens with two attached hydrogens (primary N) is 1. The molecule has 0 aliphatic heterocycles. The number of carbonyl (C=O) groups excluding carboxylic acids is 1. The van der Waals surface area contributed by atoms with Crippen LogP contribution in [0.3, 0.4) is 0 Å². The molecule has 1 amide bonds. The van der Waals surface area contributed by atoms with Crippen LogP contribution in [0.1, 0.15) is 33.2 Å². The second-order valence-electron chi connectivity index (χ2n) is 12.7. The number of fused-ring (bicyclic) bond motifs is 2. The SMILES string of the molecule is COc1cccc(Nc2c(C(N)=O)cnc3c(C)cc(Sc4cccc(-c5ccc(CNC[C@H](O)c6ccc(O)c7[nH]c(=O)ccc67)cc5)c4)cc23)c1. The number of pyridine rings is 2. The number of amides is 1. The van der Waals surface area contributed by atoms with Crippen LogP contribution in [0.5, 0.6) is 11.5 Å². The summed E-state index contributed by atoms with van der Waals surface area (Å²) < 4.78 is 5.39. The minimum absolute atomic E-state index is 0.0417. The van der Waals surface area contributed by atoms with E-state index in [9.17, 15) is 19.8 Å². The highest BCUT2D eigenvalue weighted by Crippen LogP contribution is 2.38. The van der Waals surface area contributed by atoms with Crippen LogP contribution in [0.25, 0.3) is 32.9 Å². The normalized spacial score (nSPS) is 11.8. The van der Waals surface area contributed by atoms with Gasteiger partial charge in [0.1, 0.15) is 11.5 Å². The molecule has 0 fully saturated rings. The van der Waals surface area contributed by atoms with Crippen LogP contribution in [0.15, 0.2) is 130 Å². The van der Waals surface area contributed by atoms with Crippen LogP contribution < -0.4 is 26.7 Å². The van der Waals surface area contributed by atoms with Gasteiger partial charge in [-0.2, -0.15) is 0 Å². The predicted octanol–water partition coefficient (Wildman–Crippen LogP) is 7.58. The number of H-pyrrole nitrogens is 1. The molecule has 0 radical (unpaired) electrons. The number of anilines is 2. The second-order valence-corrected chi connectivity index (χ2v) is 13.8. The minimum atomic E-state index is -0.841. The van der Waals surface area contributed by atoms with Gasteiger partial charge in [0.2, 0.25) is 5.56 Å². The Balaban J connectivity index is 1.06. The monoisotopic (exact) mass is 723 g/mol. The third-order valence-corrected chi connectivity index (χ3v) is 9.99. The van der Waals surface area contributed by atoms with Crippen LogP contribution in [-0.2, 0) is 6.54 Å². The topological polar surface area (TPSA) is 163 Å². The summed E-state index contributed by atoms with van der Waals surface area (Å²) in [5.74, 6) is 0.0688. The van der Waals surface area contributed by atoms with Crippen molar-refractivity contribution in [1.29, 1.82) is 0 Å². The molecule has 0 bridgehead atoms. The maximum Gasteiger partial charge on any atom is 0.252 e. The average molecular weight is 724 g/mol. The number of ether oxygens (including phenoxy) is 1. The highest BCUT2D eigenvalue weighted by molar-refractivity contribution is 7.99. The van der Waals surface area contributed by atoms with Crippen molar-refractivity contribution in [3.05, 3.63) is 148 Å². The van der Waals surface area contributed by atoms with E-state index in [-0.39, 0.29) is 17.9 Å². The number of phenolic OH excluding ortho intramolecular Hbond substituents is 1. The van der Waals surface area contributed by atoms with E-state index in [1.165, 1.54) is 18.3 Å². The number of methoxy groups -OCH3 is 1. The number of aromatic nitrogens is 2. The van der Waals surface area contributed by atoms with Crippen molar-refractivity contribution in [1.82, 2.24) is 15.3 Å². The third kappa shape index (κ3) is 7.73. The Morgan fingerprint density at radius 1 is 0.925 bits per heavy atom. The number of carbonyl (C=O) groups is 1. The second kappa shape index (κ2) is 15.2. The van der Waals surface area contributed by atoms with Gasteiger partial charge in [-0.25, -0.2) is 0 Å². The first-order valence-electron chi connectivity index (χ1n) is 16.9. The molecule has 0 spiro atoms. The summed E-state index contributed by atoms with van der Waals surface area (Å²) >= 11 is 1.62. The maximum atomic E-state index is 12.5. The largest absolute Gasteiger partial charge is 0.506 e. The van der Waals surface area contributed by atoms with E-state index in [4.69, 9.17) is 10.5 Å². The molecule has 10 nitrogen and oxygen atoms in total. The molecule has 11 heteroatoms. The van der Waals surface area contributed by atoms with Crippen molar-refractivity contribution < 1.29 is 19.7 Å². The number of rotatable bonds is 12. The average Bonchev–Trinajstić information content (AvgIpc) is 3.16. The summed E-state index contributed by atoms with van der Waals surface area (Å²) in [7, 11) is 1.61. The molecule has 1 atom stereocenters. The summed E-state index contributed by atoms with van der Waals surface area (Å²) in [5, 5.41) is 29.1. The van der Waals surface area contributed by atoms with E-state index in [0.29, 0.717) is 40.0 Å². The lowest BCUT2D eigenvalue weighted by Crippen LogP contribution is -2.21. The summed E-state index contributed by atoms with van der Waals surface area (Å²) in [4.78, 5) is 33.5. The number of nitrogens with one attached hydrogen (secondary N) is 3. The van der Waals surface area contributed by atoms with Crippen molar-refractivity contribution in [3.8, 4) is 22.6 Å². The Hall–Kier alpha value is -6.14. The Labute approximate surface area is 309 Å². The maximum absolute atomic E-state index is 12.5. The van der Waals surface area contributed by atoms with Crippen LogP contribution in [0, 0.1) is 6.92 Å². The Kier molecular flexibility index (Phi) is 10.1. The number of aryl methyl sites for hydroxylation is 1. The van der Waals surface area contributed by atoms with Gasteiger partial charge in [-0.3, -0.25) is 14.6 Å². The molecule has 7 aromatic rings. The molecule has 0 saturated carbocycles. The van der Waals surface area contributed by atoms with Crippen molar-refractivity contribution >= 4 is 50.8 Å². The molecule has 7 N–H and O–H groups in total. The first-order valence-corrected chi connectivity index (χ1v) is 17.7. The number of primary amides is 1. The van der Waals surface area contributed by atoms with E-state index < -0.39 is 12.0 Å². The van der Waals surface area contributed by atoms with Crippen molar-refractivity contribution in [2.24, 2.45) is 5.73 Å². The van der Waals surface area contributed by atoms with E-state index in [0.717, 1.165) is 48.6 Å². The van der Waals surface area contributed by atoms with Gasteiger partial charge in [0.05, 0.1) is 35.5 Å². The molecule has 0 saturated heterocycles. The minimum Gasteiger partial charge on any atom is -0.506 e. The molecule has 53 heavy (non-hydrogen) atoms. The summed E-state index contributed by atoms with van der Waals surface area (Å²) in [6, 6.07) is 34.3. The van der Waals surface area contributed by atoms with Gasteiger partial charge in [-0.05, 0) is 83.3 Å². The first kappa shape index (κ1) is 35.3. The predicted molar refractivity (Wildman–Crippen MR) is 210 cm³/mol. The first-order chi connectivity index (χ1) is 25.7. The van der Waals surface area contributed by atoms with Gasteiger partial charge in [0.15, 0.2) is 0 Å². The van der Waals surface area contributed by atoms with Crippen LogP contribution in [-0.4, -0.2) is 39.7 Å². The van der Waals surface area contributed by atoms with E-state index in [1.54, 1.807) is 31.0 Å². The zero-order valence-electron chi connectivity index (χ0n) is 29.0. The molecule has 266 valence electrons. The summed E-state index contributed by atoms with van der Waals surface area (Å²) in [5.41, 5.74) is 13.0. The highest BCUT2D eigenvalue weighted by atomic mass is 32.2. The molecule has 2 aromatic heterocycles. The van der Waals surface area contributed by atoms with Gasteiger partial charge in [-0.1, -0.05) is 60.3 Å². The Bertz CT molecular complexity index is 2540. The molecule has 5 aromatic carbocycles. The van der Waals surface area contributed by atoms with Crippen molar-refractivity contribution in [2.45, 2.75) is 29.4 Å². The standard InChI is InChI=1S/C42H37N5O5S/c1-24-17-31(20-34-39(24)45-22-35(42(43)51)40(34)46-28-6-4-7-29(19-28)52-2)53-30-8-3-5-27(18-30)26-11-9-25(10-12-26)21-44-23-37(49)32-13-15-36(48)41-33(32)14-16-38(50)47-41/h3-20,22,37,44,48-49H,21,23H2,1-2H3,(H2,43,51)(H,45,46)(H,47,50)/t37-/m0/s1. The zero-order valence-corrected chi connectivity index (χ0v) is 29.8. The molecule has 7 rings (SSSR count). The van der Waals surface area contributed by atoms with Crippen LogP contribution in [0.4, 0.5) is 11.4 Å².